The quantitative estimate of drug-likeness (QED) is 0.129. The van der Waals surface area contributed by atoms with E-state index in [9.17, 15) is 5.26 Å². The van der Waals surface area contributed by atoms with Crippen LogP contribution in [-0.4, -0.2) is 82.3 Å². The molecule has 0 aliphatic carbocycles. The lowest BCUT2D eigenvalue weighted by Gasteiger charge is -2.59. The second kappa shape index (κ2) is 16.1. The van der Waals surface area contributed by atoms with Crippen LogP contribution in [0.3, 0.4) is 0 Å². The summed E-state index contributed by atoms with van der Waals surface area (Å²) in [6.45, 7) is 39.5. The number of ether oxygens (including phenoxy) is 3. The van der Waals surface area contributed by atoms with Gasteiger partial charge < -0.3 is 31.9 Å². The van der Waals surface area contributed by atoms with E-state index < -0.39 is 49.3 Å². The first kappa shape index (κ1) is 43.8. The predicted molar refractivity (Wildman–Crippen MR) is 203 cm³/mol. The lowest BCUT2D eigenvalue weighted by Crippen LogP contribution is -2.71. The smallest absolute Gasteiger partial charge is 0.349 e. The molecule has 8 nitrogen and oxygen atoms in total. The van der Waals surface area contributed by atoms with Crippen LogP contribution in [0.4, 0.5) is 0 Å². The van der Waals surface area contributed by atoms with Crippen LogP contribution in [0.25, 0.3) is 0 Å². The van der Waals surface area contributed by atoms with Crippen molar-refractivity contribution < 1.29 is 31.9 Å². The molecule has 0 amide bonds. The number of rotatable bonds is 14. The second-order valence-corrected chi connectivity index (χ2v) is 33.7. The topological polar surface area (TPSA) is 88.4 Å². The maximum atomic E-state index is 11.0. The van der Waals surface area contributed by atoms with Crippen LogP contribution in [0.2, 0.25) is 44.8 Å². The fourth-order valence-electron chi connectivity index (χ4n) is 7.90. The standard InChI is InChI=1S/C37H73NO7Si3/c1-27(2)47(28(3)4,29(5)6)44-31-23-37(26-38,42-30(21-19-20-22-39-16)24-40-46(17,18)34(7,8)9)43-32-25-41-48(35(10,11)12,36(13,14)15)45-33(31)32/h19-20,27-33H,21-25H2,1-18H3/b20-19+/t30-,31-,32-,33+,37?/m1/s1. The van der Waals surface area contributed by atoms with E-state index in [1.54, 1.807) is 7.11 Å². The fourth-order valence-corrected chi connectivity index (χ4v) is 19.5. The van der Waals surface area contributed by atoms with Gasteiger partial charge in [0.25, 0.3) is 5.79 Å². The van der Waals surface area contributed by atoms with Crippen molar-refractivity contribution in [2.45, 2.75) is 192 Å². The van der Waals surface area contributed by atoms with Crippen LogP contribution in [-0.2, 0) is 31.9 Å². The van der Waals surface area contributed by atoms with E-state index in [0.29, 0.717) is 42.9 Å². The maximum absolute atomic E-state index is 11.0. The molecular weight excluding hydrogens is 655 g/mol. The van der Waals surface area contributed by atoms with E-state index >= 15 is 0 Å². The molecule has 0 aromatic rings. The van der Waals surface area contributed by atoms with Gasteiger partial charge in [0.1, 0.15) is 18.3 Å². The molecule has 2 aliphatic heterocycles. The molecular formula is C37H73NO7Si3. The van der Waals surface area contributed by atoms with E-state index in [0.717, 1.165) is 0 Å². The number of methoxy groups -OCH3 is 1. The van der Waals surface area contributed by atoms with Crippen molar-refractivity contribution in [1.82, 2.24) is 0 Å². The minimum atomic E-state index is -2.86. The zero-order valence-electron chi connectivity index (χ0n) is 34.0. The summed E-state index contributed by atoms with van der Waals surface area (Å²) in [5.41, 5.74) is 1.08. The minimum Gasteiger partial charge on any atom is -0.414 e. The number of hydrogen-bond donors (Lipinski definition) is 0. The molecule has 5 atom stereocenters. The third-order valence-electron chi connectivity index (χ3n) is 11.1. The molecule has 48 heavy (non-hydrogen) atoms. The van der Waals surface area contributed by atoms with Crippen molar-refractivity contribution in [2.24, 2.45) is 0 Å². The third kappa shape index (κ3) is 9.33. The molecule has 0 aromatic carbocycles. The van der Waals surface area contributed by atoms with Crippen molar-refractivity contribution >= 4 is 25.2 Å². The van der Waals surface area contributed by atoms with Gasteiger partial charge in [-0.25, -0.2) is 0 Å². The number of nitriles is 1. The van der Waals surface area contributed by atoms with Crippen molar-refractivity contribution in [3.05, 3.63) is 12.2 Å². The fraction of sp³-hybridized carbons (Fsp3) is 0.919. The van der Waals surface area contributed by atoms with Gasteiger partial charge in [-0.15, -0.1) is 0 Å². The van der Waals surface area contributed by atoms with Gasteiger partial charge in [0.05, 0.1) is 32.0 Å². The van der Waals surface area contributed by atoms with E-state index in [1.807, 2.05) is 12.2 Å². The van der Waals surface area contributed by atoms with E-state index in [4.69, 9.17) is 31.9 Å². The Morgan fingerprint density at radius 2 is 1.46 bits per heavy atom. The molecule has 1 unspecified atom stereocenters. The molecule has 2 aliphatic rings. The average molecular weight is 728 g/mol. The number of fused-ring (bicyclic) bond motifs is 1. The van der Waals surface area contributed by atoms with Crippen molar-refractivity contribution in [3.63, 3.8) is 0 Å². The summed E-state index contributed by atoms with van der Waals surface area (Å²) in [7, 11) is -5.69. The van der Waals surface area contributed by atoms with Gasteiger partial charge in [-0.1, -0.05) is 116 Å². The first-order valence-electron chi connectivity index (χ1n) is 18.3. The molecule has 0 aromatic heterocycles. The Labute approximate surface area is 298 Å². The summed E-state index contributed by atoms with van der Waals surface area (Å²) in [6.07, 6.45) is 3.14. The first-order chi connectivity index (χ1) is 21.8. The molecule has 11 heteroatoms. The molecule has 0 N–H and O–H groups in total. The van der Waals surface area contributed by atoms with Crippen LogP contribution >= 0.6 is 0 Å². The van der Waals surface area contributed by atoms with Crippen LogP contribution in [0, 0.1) is 11.3 Å². The zero-order chi connectivity index (χ0) is 37.1. The van der Waals surface area contributed by atoms with Gasteiger partial charge in [-0.05, 0) is 41.2 Å². The van der Waals surface area contributed by atoms with E-state index in [-0.39, 0.29) is 27.6 Å². The summed E-state index contributed by atoms with van der Waals surface area (Å²) in [4.78, 5) is 0. The summed E-state index contributed by atoms with van der Waals surface area (Å²) < 4.78 is 47.3. The number of nitrogens with zero attached hydrogens (tertiary/aromatic N) is 1. The lowest BCUT2D eigenvalue weighted by atomic mass is 9.96. The maximum Gasteiger partial charge on any atom is 0.349 e. The normalized spacial score (nSPS) is 26.7. The summed E-state index contributed by atoms with van der Waals surface area (Å²) in [5.74, 6) is -1.55. The Balaban J connectivity index is 2.66. The Morgan fingerprint density at radius 1 is 0.917 bits per heavy atom. The summed E-state index contributed by atoms with van der Waals surface area (Å²) >= 11 is 0. The summed E-state index contributed by atoms with van der Waals surface area (Å²) in [6, 6.07) is 2.49. The van der Waals surface area contributed by atoms with Crippen LogP contribution < -0.4 is 0 Å². The average Bonchev–Trinajstić information content (AvgIpc) is 2.94. The highest BCUT2D eigenvalue weighted by atomic mass is 28.4. The summed E-state index contributed by atoms with van der Waals surface area (Å²) in [5, 5.41) is 10.6. The van der Waals surface area contributed by atoms with Crippen molar-refractivity contribution in [3.8, 4) is 6.07 Å². The highest BCUT2D eigenvalue weighted by Gasteiger charge is 2.66. The molecule has 0 saturated carbocycles. The molecule has 0 radical (unpaired) electrons. The monoisotopic (exact) mass is 727 g/mol. The Hall–Kier alpha value is -0.399. The second-order valence-electron chi connectivity index (χ2n) is 18.7. The Kier molecular flexibility index (Phi) is 14.7. The number of hydrogen-bond acceptors (Lipinski definition) is 8. The largest absolute Gasteiger partial charge is 0.414 e. The van der Waals surface area contributed by atoms with Gasteiger partial charge in [0.15, 0.2) is 8.32 Å². The van der Waals surface area contributed by atoms with Crippen LogP contribution in [0.1, 0.15) is 117 Å². The highest BCUT2D eigenvalue weighted by molar-refractivity contribution is 6.77. The van der Waals surface area contributed by atoms with Crippen LogP contribution in [0.5, 0.6) is 0 Å². The SMILES string of the molecule is COC/C=C/C[C@H](CO[Si](C)(C)C(C)(C)C)OC1(C#N)C[C@@H](O[Si](C(C)C)(C(C)C)C(C)C)[C@@H]2O[Si](C(C)(C)C)(C(C)(C)C)OC[C@H]2O1. The van der Waals surface area contributed by atoms with Gasteiger partial charge in [0.2, 0.25) is 8.32 Å². The lowest BCUT2D eigenvalue weighted by molar-refractivity contribution is -0.315. The molecule has 0 spiro atoms. The van der Waals surface area contributed by atoms with E-state index in [2.05, 4.69) is 123 Å². The van der Waals surface area contributed by atoms with Crippen molar-refractivity contribution in [2.75, 3.05) is 26.9 Å². The van der Waals surface area contributed by atoms with E-state index in [1.165, 1.54) is 0 Å². The minimum absolute atomic E-state index is 0.0373. The molecule has 2 rings (SSSR count). The van der Waals surface area contributed by atoms with Crippen LogP contribution in [0.15, 0.2) is 12.2 Å². The van der Waals surface area contributed by atoms with Gasteiger partial charge in [-0.3, -0.25) is 0 Å². The van der Waals surface area contributed by atoms with Gasteiger partial charge in [0, 0.05) is 23.6 Å². The third-order valence-corrected chi connectivity index (χ3v) is 26.9. The van der Waals surface area contributed by atoms with Gasteiger partial charge in [-0.2, -0.15) is 5.26 Å². The predicted octanol–water partition coefficient (Wildman–Crippen LogP) is 10.0. The molecule has 2 saturated heterocycles. The zero-order valence-corrected chi connectivity index (χ0v) is 37.0. The molecule has 2 heterocycles. The van der Waals surface area contributed by atoms with Crippen molar-refractivity contribution in [1.29, 1.82) is 5.26 Å². The van der Waals surface area contributed by atoms with Gasteiger partial charge >= 0.3 is 8.56 Å². The Morgan fingerprint density at radius 3 is 1.90 bits per heavy atom. The highest BCUT2D eigenvalue weighted by Crippen LogP contribution is 2.56. The Bertz CT molecular complexity index is 1060. The molecule has 2 fully saturated rings. The molecule has 0 bridgehead atoms. The first-order valence-corrected chi connectivity index (χ1v) is 25.2. The molecule has 280 valence electrons.